The van der Waals surface area contributed by atoms with Crippen LogP contribution < -0.4 is 4.74 Å². The molecule has 1 saturated heterocycles. The van der Waals surface area contributed by atoms with E-state index in [1.165, 1.54) is 10.5 Å². The molecule has 6 nitrogen and oxygen atoms in total. The fourth-order valence-electron chi connectivity index (χ4n) is 4.27. The molecule has 2 aromatic carbocycles. The monoisotopic (exact) mass is 431 g/mol. The Hall–Kier alpha value is -3.38. The molecule has 2 amide bonds. The second-order valence-electron chi connectivity index (χ2n) is 7.94. The number of rotatable bonds is 8. The maximum absolute atomic E-state index is 13.3. The molecule has 2 aliphatic heterocycles. The molecule has 4 rings (SSSR count). The number of piperazine rings is 1. The van der Waals surface area contributed by atoms with Gasteiger partial charge in [-0.1, -0.05) is 48.5 Å². The first kappa shape index (κ1) is 21.8. The summed E-state index contributed by atoms with van der Waals surface area (Å²) in [6, 6.07) is 17.8. The van der Waals surface area contributed by atoms with E-state index in [2.05, 4.69) is 40.6 Å². The van der Waals surface area contributed by atoms with Gasteiger partial charge in [0.2, 0.25) is 0 Å². The van der Waals surface area contributed by atoms with Crippen molar-refractivity contribution in [1.82, 2.24) is 14.7 Å². The molecule has 2 heterocycles. The first-order valence-electron chi connectivity index (χ1n) is 11.1. The second kappa shape index (κ2) is 9.83. The van der Waals surface area contributed by atoms with Crippen molar-refractivity contribution >= 4 is 17.4 Å². The fourth-order valence-corrected chi connectivity index (χ4v) is 4.27. The topological polar surface area (TPSA) is 53.1 Å². The Morgan fingerprint density at radius 2 is 1.62 bits per heavy atom. The number of carbonyl (C=O) groups excluding carboxylic acids is 2. The SMILES string of the molecule is C=CCN1C(=O)C(c2ccc(OCC)cc2)=C(N2CCN(Cc3ccccc3)CC2)C1=O. The Bertz CT molecular complexity index is 1010. The van der Waals surface area contributed by atoms with Crippen LogP contribution in [0.2, 0.25) is 0 Å². The minimum absolute atomic E-state index is 0.204. The highest BCUT2D eigenvalue weighted by atomic mass is 16.5. The van der Waals surface area contributed by atoms with Crippen molar-refractivity contribution in [3.8, 4) is 5.75 Å². The van der Waals surface area contributed by atoms with Gasteiger partial charge in [0, 0.05) is 39.3 Å². The summed E-state index contributed by atoms with van der Waals surface area (Å²) < 4.78 is 5.53. The van der Waals surface area contributed by atoms with Crippen LogP contribution in [0.1, 0.15) is 18.1 Å². The summed E-state index contributed by atoms with van der Waals surface area (Å²) in [5, 5.41) is 0. The fraction of sp³-hybridized carbons (Fsp3) is 0.308. The molecule has 0 spiro atoms. The summed E-state index contributed by atoms with van der Waals surface area (Å²) in [7, 11) is 0. The molecule has 2 aromatic rings. The van der Waals surface area contributed by atoms with Gasteiger partial charge < -0.3 is 9.64 Å². The molecular formula is C26H29N3O3. The third-order valence-corrected chi connectivity index (χ3v) is 5.85. The van der Waals surface area contributed by atoms with Gasteiger partial charge >= 0.3 is 0 Å². The molecule has 2 aliphatic rings. The standard InChI is InChI=1S/C26H29N3O3/c1-3-14-29-25(30)23(21-10-12-22(13-11-21)32-4-2)24(26(29)31)28-17-15-27(16-18-28)19-20-8-6-5-7-9-20/h3,5-13H,1,4,14-19H2,2H3. The van der Waals surface area contributed by atoms with Crippen LogP contribution in [0.3, 0.4) is 0 Å². The number of benzene rings is 2. The van der Waals surface area contributed by atoms with Gasteiger partial charge in [0.25, 0.3) is 11.8 Å². The molecule has 0 bridgehead atoms. The van der Waals surface area contributed by atoms with E-state index in [0.29, 0.717) is 31.0 Å². The number of hydrogen-bond acceptors (Lipinski definition) is 5. The van der Waals surface area contributed by atoms with E-state index in [1.54, 1.807) is 6.08 Å². The lowest BCUT2D eigenvalue weighted by molar-refractivity contribution is -0.137. The van der Waals surface area contributed by atoms with Crippen LogP contribution in [0.25, 0.3) is 5.57 Å². The lowest BCUT2D eigenvalue weighted by Gasteiger charge is -2.36. The molecular weight excluding hydrogens is 402 g/mol. The molecule has 0 radical (unpaired) electrons. The molecule has 6 heteroatoms. The van der Waals surface area contributed by atoms with E-state index in [9.17, 15) is 9.59 Å². The zero-order valence-corrected chi connectivity index (χ0v) is 18.5. The highest BCUT2D eigenvalue weighted by Crippen LogP contribution is 2.33. The van der Waals surface area contributed by atoms with E-state index >= 15 is 0 Å². The largest absolute Gasteiger partial charge is 0.494 e. The number of carbonyl (C=O) groups is 2. The van der Waals surface area contributed by atoms with Gasteiger partial charge in [0.05, 0.1) is 12.2 Å². The molecule has 0 aliphatic carbocycles. The number of nitrogens with zero attached hydrogens (tertiary/aromatic N) is 3. The molecule has 0 aromatic heterocycles. The van der Waals surface area contributed by atoms with Gasteiger partial charge in [-0.15, -0.1) is 6.58 Å². The van der Waals surface area contributed by atoms with E-state index in [1.807, 2.05) is 37.3 Å². The predicted molar refractivity (Wildman–Crippen MR) is 125 cm³/mol. The van der Waals surface area contributed by atoms with Gasteiger partial charge in [-0.25, -0.2) is 0 Å². The number of imide groups is 1. The first-order chi connectivity index (χ1) is 15.6. The van der Waals surface area contributed by atoms with Gasteiger partial charge in [-0.2, -0.15) is 0 Å². The number of ether oxygens (including phenoxy) is 1. The third-order valence-electron chi connectivity index (χ3n) is 5.85. The van der Waals surface area contributed by atoms with Crippen LogP contribution in [0.5, 0.6) is 5.75 Å². The Labute approximate surface area is 189 Å². The number of amides is 2. The van der Waals surface area contributed by atoms with Gasteiger partial charge in [-0.05, 0) is 30.2 Å². The van der Waals surface area contributed by atoms with E-state index in [4.69, 9.17) is 4.74 Å². The van der Waals surface area contributed by atoms with Gasteiger partial charge in [0.1, 0.15) is 11.4 Å². The molecule has 32 heavy (non-hydrogen) atoms. The van der Waals surface area contributed by atoms with Crippen LogP contribution >= 0.6 is 0 Å². The van der Waals surface area contributed by atoms with Crippen molar-refractivity contribution in [2.24, 2.45) is 0 Å². The summed E-state index contributed by atoms with van der Waals surface area (Å²) in [6.45, 7) is 10.4. The maximum atomic E-state index is 13.3. The van der Waals surface area contributed by atoms with Crippen molar-refractivity contribution in [3.63, 3.8) is 0 Å². The average molecular weight is 432 g/mol. The van der Waals surface area contributed by atoms with Crippen molar-refractivity contribution in [2.75, 3.05) is 39.3 Å². The summed E-state index contributed by atoms with van der Waals surface area (Å²) in [6.07, 6.45) is 1.59. The summed E-state index contributed by atoms with van der Waals surface area (Å²) >= 11 is 0. The average Bonchev–Trinajstić information content (AvgIpc) is 3.06. The Morgan fingerprint density at radius 3 is 2.25 bits per heavy atom. The zero-order valence-electron chi connectivity index (χ0n) is 18.5. The molecule has 0 unspecified atom stereocenters. The Kier molecular flexibility index (Phi) is 6.71. The lowest BCUT2D eigenvalue weighted by Crippen LogP contribution is -2.47. The first-order valence-corrected chi connectivity index (χ1v) is 11.1. The van der Waals surface area contributed by atoms with Gasteiger partial charge in [0.15, 0.2) is 0 Å². The highest BCUT2D eigenvalue weighted by Gasteiger charge is 2.41. The molecule has 1 fully saturated rings. The molecule has 166 valence electrons. The van der Waals surface area contributed by atoms with E-state index in [-0.39, 0.29) is 18.4 Å². The summed E-state index contributed by atoms with van der Waals surface area (Å²) in [5.41, 5.74) is 2.98. The number of hydrogen-bond donors (Lipinski definition) is 0. The van der Waals surface area contributed by atoms with Crippen LogP contribution in [-0.4, -0.2) is 65.8 Å². The van der Waals surface area contributed by atoms with Crippen molar-refractivity contribution in [2.45, 2.75) is 13.5 Å². The Balaban J connectivity index is 1.57. The van der Waals surface area contributed by atoms with Gasteiger partial charge in [-0.3, -0.25) is 19.4 Å². The van der Waals surface area contributed by atoms with Crippen molar-refractivity contribution in [1.29, 1.82) is 0 Å². The second-order valence-corrected chi connectivity index (χ2v) is 7.94. The van der Waals surface area contributed by atoms with Crippen LogP contribution in [-0.2, 0) is 16.1 Å². The quantitative estimate of drug-likeness (QED) is 0.475. The molecule has 0 N–H and O–H groups in total. The highest BCUT2D eigenvalue weighted by molar-refractivity contribution is 6.35. The Morgan fingerprint density at radius 1 is 0.938 bits per heavy atom. The van der Waals surface area contributed by atoms with Crippen LogP contribution in [0.4, 0.5) is 0 Å². The van der Waals surface area contributed by atoms with E-state index in [0.717, 1.165) is 30.9 Å². The molecule has 0 atom stereocenters. The van der Waals surface area contributed by atoms with Crippen LogP contribution in [0.15, 0.2) is 72.9 Å². The smallest absolute Gasteiger partial charge is 0.278 e. The minimum Gasteiger partial charge on any atom is -0.494 e. The molecule has 0 saturated carbocycles. The normalized spacial score (nSPS) is 17.3. The van der Waals surface area contributed by atoms with E-state index < -0.39 is 0 Å². The summed E-state index contributed by atoms with van der Waals surface area (Å²) in [4.78, 5) is 32.2. The third kappa shape index (κ3) is 4.46. The minimum atomic E-state index is -0.263. The maximum Gasteiger partial charge on any atom is 0.278 e. The predicted octanol–water partition coefficient (Wildman–Crippen LogP) is 3.17. The van der Waals surface area contributed by atoms with Crippen molar-refractivity contribution < 1.29 is 14.3 Å². The summed E-state index contributed by atoms with van der Waals surface area (Å²) in [5.74, 6) is 0.240. The van der Waals surface area contributed by atoms with Crippen LogP contribution in [0, 0.1) is 0 Å². The lowest BCUT2D eigenvalue weighted by atomic mass is 10.0. The van der Waals surface area contributed by atoms with Crippen molar-refractivity contribution in [3.05, 3.63) is 84.1 Å². The zero-order chi connectivity index (χ0) is 22.5.